The molecule has 0 radical (unpaired) electrons. The zero-order chi connectivity index (χ0) is 17.2. The lowest BCUT2D eigenvalue weighted by Crippen LogP contribution is -2.45. The quantitative estimate of drug-likeness (QED) is 0.909. The zero-order valence-electron chi connectivity index (χ0n) is 14.8. The van der Waals surface area contributed by atoms with Crippen LogP contribution in [0.4, 0.5) is 0 Å². The second-order valence-electron chi connectivity index (χ2n) is 7.22. The first-order chi connectivity index (χ1) is 12.3. The lowest BCUT2D eigenvalue weighted by Gasteiger charge is -2.33. The Morgan fingerprint density at radius 1 is 1.12 bits per heavy atom. The van der Waals surface area contributed by atoms with Gasteiger partial charge in [-0.25, -0.2) is 0 Å². The van der Waals surface area contributed by atoms with Gasteiger partial charge in [-0.1, -0.05) is 30.3 Å². The molecule has 1 saturated heterocycles. The molecule has 1 N–H and O–H groups in total. The van der Waals surface area contributed by atoms with Crippen LogP contribution in [0.2, 0.25) is 0 Å². The zero-order valence-corrected chi connectivity index (χ0v) is 14.8. The molecule has 0 spiro atoms. The molecule has 4 heteroatoms. The summed E-state index contributed by atoms with van der Waals surface area (Å²) in [7, 11) is 1.73. The fraction of sp³-hybridized carbons (Fsp3) is 0.476. The van der Waals surface area contributed by atoms with E-state index < -0.39 is 0 Å². The van der Waals surface area contributed by atoms with Crippen LogP contribution in [-0.4, -0.2) is 37.0 Å². The highest BCUT2D eigenvalue weighted by Gasteiger charge is 2.34. The van der Waals surface area contributed by atoms with E-state index in [0.29, 0.717) is 17.9 Å². The van der Waals surface area contributed by atoms with E-state index >= 15 is 0 Å². The van der Waals surface area contributed by atoms with Crippen LogP contribution in [0.25, 0.3) is 10.8 Å². The Kier molecular flexibility index (Phi) is 4.62. The van der Waals surface area contributed by atoms with Crippen LogP contribution in [0.15, 0.2) is 36.4 Å². The predicted molar refractivity (Wildman–Crippen MR) is 99.7 cm³/mol. The highest BCUT2D eigenvalue weighted by molar-refractivity contribution is 5.87. The third-order valence-electron chi connectivity index (χ3n) is 5.52. The molecule has 132 valence electrons. The van der Waals surface area contributed by atoms with Gasteiger partial charge in [0.2, 0.25) is 5.91 Å². The minimum Gasteiger partial charge on any atom is -0.496 e. The number of carbonyl (C=O) groups excluding carboxylic acids is 1. The van der Waals surface area contributed by atoms with Crippen molar-refractivity contribution in [2.24, 2.45) is 5.92 Å². The van der Waals surface area contributed by atoms with E-state index in [1.807, 2.05) is 0 Å². The van der Waals surface area contributed by atoms with Crippen LogP contribution >= 0.6 is 0 Å². The summed E-state index contributed by atoms with van der Waals surface area (Å²) in [6.45, 7) is 2.57. The number of benzene rings is 2. The number of nitrogens with zero attached hydrogens (tertiary/aromatic N) is 1. The number of hydrogen-bond acceptors (Lipinski definition) is 3. The van der Waals surface area contributed by atoms with E-state index in [1.54, 1.807) is 7.11 Å². The maximum Gasteiger partial charge on any atom is 0.225 e. The van der Waals surface area contributed by atoms with Crippen LogP contribution in [-0.2, 0) is 11.3 Å². The Hall–Kier alpha value is -2.07. The monoisotopic (exact) mass is 338 g/mol. The van der Waals surface area contributed by atoms with Gasteiger partial charge < -0.3 is 15.0 Å². The van der Waals surface area contributed by atoms with Crippen molar-refractivity contribution in [3.05, 3.63) is 42.0 Å². The summed E-state index contributed by atoms with van der Waals surface area (Å²) in [6.07, 6.45) is 4.26. The number of rotatable bonds is 5. The molecule has 1 aliphatic heterocycles. The van der Waals surface area contributed by atoms with E-state index in [0.717, 1.165) is 51.1 Å². The van der Waals surface area contributed by atoms with Crippen molar-refractivity contribution in [2.75, 3.05) is 20.2 Å². The number of hydrogen-bond donors (Lipinski definition) is 1. The largest absolute Gasteiger partial charge is 0.496 e. The number of nitrogens with one attached hydrogen (secondary N) is 1. The van der Waals surface area contributed by atoms with E-state index in [2.05, 4.69) is 46.6 Å². The second-order valence-corrected chi connectivity index (χ2v) is 7.22. The van der Waals surface area contributed by atoms with Gasteiger partial charge in [-0.2, -0.15) is 0 Å². The van der Waals surface area contributed by atoms with E-state index in [9.17, 15) is 4.79 Å². The van der Waals surface area contributed by atoms with Gasteiger partial charge in [0.1, 0.15) is 5.75 Å². The molecule has 4 rings (SSSR count). The number of carbonyl (C=O) groups is 1. The molecule has 0 unspecified atom stereocenters. The molecule has 1 aliphatic carbocycles. The van der Waals surface area contributed by atoms with E-state index in [-0.39, 0.29) is 0 Å². The maximum atomic E-state index is 12.2. The maximum absolute atomic E-state index is 12.2. The molecule has 1 saturated carbocycles. The van der Waals surface area contributed by atoms with Gasteiger partial charge in [0, 0.05) is 37.2 Å². The van der Waals surface area contributed by atoms with Crippen molar-refractivity contribution in [2.45, 2.75) is 38.3 Å². The summed E-state index contributed by atoms with van der Waals surface area (Å²) in [5, 5.41) is 6.18. The summed E-state index contributed by atoms with van der Waals surface area (Å²) in [6, 6.07) is 13.1. The number of amides is 1. The summed E-state index contributed by atoms with van der Waals surface area (Å²) >= 11 is 0. The number of fused-ring (bicyclic) bond motifs is 1. The number of ether oxygens (including phenoxy) is 1. The minimum absolute atomic E-state index is 0.337. The Balaban J connectivity index is 1.40. The molecule has 4 nitrogen and oxygen atoms in total. The molecule has 2 aromatic rings. The third-order valence-corrected chi connectivity index (χ3v) is 5.52. The lowest BCUT2D eigenvalue weighted by atomic mass is 10.0. The second kappa shape index (κ2) is 7.04. The van der Waals surface area contributed by atoms with Gasteiger partial charge in [0.25, 0.3) is 0 Å². The van der Waals surface area contributed by atoms with Crippen LogP contribution in [0.1, 0.15) is 31.2 Å². The predicted octanol–water partition coefficient (Wildman–Crippen LogP) is 3.34. The molecular weight excluding hydrogens is 312 g/mol. The molecule has 2 aromatic carbocycles. The summed E-state index contributed by atoms with van der Waals surface area (Å²) in [5.74, 6) is 1.66. The van der Waals surface area contributed by atoms with Gasteiger partial charge >= 0.3 is 0 Å². The Morgan fingerprint density at radius 3 is 2.60 bits per heavy atom. The minimum atomic E-state index is 0.337. The normalized spacial score (nSPS) is 18.5. The van der Waals surface area contributed by atoms with Crippen molar-refractivity contribution in [1.82, 2.24) is 10.2 Å². The molecule has 25 heavy (non-hydrogen) atoms. The van der Waals surface area contributed by atoms with Crippen molar-refractivity contribution >= 4 is 16.7 Å². The van der Waals surface area contributed by atoms with Crippen LogP contribution < -0.4 is 10.1 Å². The van der Waals surface area contributed by atoms with Gasteiger partial charge in [-0.05, 0) is 42.5 Å². The van der Waals surface area contributed by atoms with Gasteiger partial charge in [-0.3, -0.25) is 4.79 Å². The molecule has 0 atom stereocenters. The van der Waals surface area contributed by atoms with Gasteiger partial charge in [0.15, 0.2) is 0 Å². The van der Waals surface area contributed by atoms with E-state index in [4.69, 9.17) is 4.74 Å². The Morgan fingerprint density at radius 2 is 1.88 bits per heavy atom. The molecule has 1 amide bonds. The summed E-state index contributed by atoms with van der Waals surface area (Å²) in [4.78, 5) is 14.2. The van der Waals surface area contributed by atoms with Gasteiger partial charge in [-0.15, -0.1) is 0 Å². The molecule has 2 fully saturated rings. The molecule has 0 bridgehead atoms. The highest BCUT2D eigenvalue weighted by atomic mass is 16.5. The summed E-state index contributed by atoms with van der Waals surface area (Å²) < 4.78 is 5.58. The molecular formula is C21H26N2O2. The smallest absolute Gasteiger partial charge is 0.225 e. The van der Waals surface area contributed by atoms with Crippen LogP contribution in [0, 0.1) is 5.92 Å². The average molecular weight is 338 g/mol. The first-order valence-electron chi connectivity index (χ1n) is 9.33. The summed E-state index contributed by atoms with van der Waals surface area (Å²) in [5.41, 5.74) is 1.22. The van der Waals surface area contributed by atoms with Crippen molar-refractivity contribution in [3.63, 3.8) is 0 Å². The first kappa shape index (κ1) is 16.4. The standard InChI is InChI=1S/C21H26N2O2/c1-25-20-9-8-15-4-2-3-5-18(15)19(20)14-22-17-10-12-23(13-11-17)21(24)16-6-7-16/h2-5,8-9,16-17,22H,6-7,10-14H2,1H3. The van der Waals surface area contributed by atoms with Gasteiger partial charge in [0.05, 0.1) is 7.11 Å². The Labute approximate surface area is 149 Å². The fourth-order valence-electron chi connectivity index (χ4n) is 3.83. The third kappa shape index (κ3) is 3.49. The number of piperidine rings is 1. The highest BCUT2D eigenvalue weighted by Crippen LogP contribution is 2.32. The van der Waals surface area contributed by atoms with Crippen molar-refractivity contribution < 1.29 is 9.53 Å². The molecule has 1 heterocycles. The van der Waals surface area contributed by atoms with Crippen molar-refractivity contribution in [1.29, 1.82) is 0 Å². The first-order valence-corrected chi connectivity index (χ1v) is 9.33. The SMILES string of the molecule is COc1ccc2ccccc2c1CNC1CCN(C(=O)C2CC2)CC1. The number of methoxy groups -OCH3 is 1. The molecule has 0 aromatic heterocycles. The topological polar surface area (TPSA) is 41.6 Å². The Bertz CT molecular complexity index is 762. The van der Waals surface area contributed by atoms with Crippen LogP contribution in [0.3, 0.4) is 0 Å². The average Bonchev–Trinajstić information content (AvgIpc) is 3.51. The molecule has 2 aliphatic rings. The number of likely N-dealkylation sites (tertiary alicyclic amines) is 1. The lowest BCUT2D eigenvalue weighted by molar-refractivity contribution is -0.133. The van der Waals surface area contributed by atoms with Crippen molar-refractivity contribution in [3.8, 4) is 5.75 Å². The van der Waals surface area contributed by atoms with Crippen LogP contribution in [0.5, 0.6) is 5.75 Å². The fourth-order valence-corrected chi connectivity index (χ4v) is 3.83. The van der Waals surface area contributed by atoms with E-state index in [1.165, 1.54) is 16.3 Å².